The van der Waals surface area contributed by atoms with Gasteiger partial charge >= 0.3 is 0 Å². The maximum atomic E-state index is 2.66. The molecule has 0 amide bonds. The van der Waals surface area contributed by atoms with Gasteiger partial charge < -0.3 is 4.90 Å². The summed E-state index contributed by atoms with van der Waals surface area (Å²) in [7, 11) is 0. The minimum absolute atomic E-state index is 1.24. The topological polar surface area (TPSA) is 3.24 Å². The Morgan fingerprint density at radius 3 is 0.971 bits per heavy atom. The highest BCUT2D eigenvalue weighted by molar-refractivity contribution is 5.45. The van der Waals surface area contributed by atoms with Crippen molar-refractivity contribution in [2.45, 2.75) is 168 Å². The van der Waals surface area contributed by atoms with E-state index < -0.39 is 0 Å². The maximum absolute atomic E-state index is 2.66. The fraction of sp³-hybridized carbons (Fsp3) is 0.824. The van der Waals surface area contributed by atoms with E-state index in [0.29, 0.717) is 0 Å². The van der Waals surface area contributed by atoms with Crippen LogP contribution in [0.2, 0.25) is 0 Å². The molecule has 0 N–H and O–H groups in total. The lowest BCUT2D eigenvalue weighted by molar-refractivity contribution is 0.535. The molecule has 1 heteroatoms. The highest BCUT2D eigenvalue weighted by Gasteiger charge is 2.06. The first-order chi connectivity index (χ1) is 17.4. The Morgan fingerprint density at radius 2 is 0.657 bits per heavy atom. The van der Waals surface area contributed by atoms with Crippen LogP contribution in [0.5, 0.6) is 0 Å². The van der Waals surface area contributed by atoms with E-state index in [1.54, 1.807) is 0 Å². The van der Waals surface area contributed by atoms with Crippen molar-refractivity contribution in [2.75, 3.05) is 18.0 Å². The van der Waals surface area contributed by atoms with Crippen LogP contribution in [0.15, 0.2) is 30.3 Å². The van der Waals surface area contributed by atoms with Crippen LogP contribution >= 0.6 is 0 Å². The number of benzene rings is 1. The van der Waals surface area contributed by atoms with Crippen molar-refractivity contribution in [3.8, 4) is 0 Å². The lowest BCUT2D eigenvalue weighted by Crippen LogP contribution is -2.25. The number of hydrogen-bond acceptors (Lipinski definition) is 1. The smallest absolute Gasteiger partial charge is 0.0366 e. The Labute approximate surface area is 221 Å². The van der Waals surface area contributed by atoms with E-state index in [4.69, 9.17) is 0 Å². The van der Waals surface area contributed by atoms with Gasteiger partial charge in [-0.25, -0.2) is 0 Å². The highest BCUT2D eigenvalue weighted by Crippen LogP contribution is 2.18. The minimum atomic E-state index is 1.24. The van der Waals surface area contributed by atoms with Crippen LogP contribution in [0.3, 0.4) is 0 Å². The van der Waals surface area contributed by atoms with Crippen molar-refractivity contribution in [3.05, 3.63) is 30.3 Å². The van der Waals surface area contributed by atoms with Gasteiger partial charge in [-0.05, 0) is 25.0 Å². The zero-order valence-electron chi connectivity index (χ0n) is 24.2. The molecule has 0 bridgehead atoms. The minimum Gasteiger partial charge on any atom is -0.372 e. The highest BCUT2D eigenvalue weighted by atomic mass is 15.1. The molecule has 1 rings (SSSR count). The molecule has 0 saturated carbocycles. The van der Waals surface area contributed by atoms with E-state index in [2.05, 4.69) is 49.1 Å². The monoisotopic (exact) mass is 485 g/mol. The lowest BCUT2D eigenvalue weighted by atomic mass is 10.0. The van der Waals surface area contributed by atoms with Crippen molar-refractivity contribution in [1.82, 2.24) is 0 Å². The van der Waals surface area contributed by atoms with E-state index in [0.717, 1.165) is 0 Å². The van der Waals surface area contributed by atoms with Gasteiger partial charge in [-0.3, -0.25) is 0 Å². The molecule has 0 unspecified atom stereocenters. The summed E-state index contributed by atoms with van der Waals surface area (Å²) in [6, 6.07) is 11.2. The summed E-state index contributed by atoms with van der Waals surface area (Å²) in [5.41, 5.74) is 1.43. The molecule has 1 nitrogen and oxygen atoms in total. The Kier molecular flexibility index (Phi) is 23.9. The van der Waals surface area contributed by atoms with Gasteiger partial charge in [0, 0.05) is 18.8 Å². The van der Waals surface area contributed by atoms with E-state index >= 15 is 0 Å². The zero-order chi connectivity index (χ0) is 25.1. The van der Waals surface area contributed by atoms with Crippen LogP contribution in [-0.2, 0) is 0 Å². The van der Waals surface area contributed by atoms with Gasteiger partial charge in [0.15, 0.2) is 0 Å². The summed E-state index contributed by atoms with van der Waals surface area (Å²) < 4.78 is 0. The quantitative estimate of drug-likeness (QED) is 0.112. The standard InChI is InChI=1S/C34H63N/c1-3-5-7-9-11-13-15-17-19-21-23-28-32-35(34-30-26-25-27-31-34)33-29-24-22-20-18-16-14-12-10-8-6-4-2/h25-27,30-31H,3-24,28-29,32-33H2,1-2H3. The first-order valence-corrected chi connectivity index (χ1v) is 16.2. The molecule has 204 valence electrons. The molecule has 35 heavy (non-hydrogen) atoms. The molecule has 0 saturated heterocycles. The van der Waals surface area contributed by atoms with E-state index in [-0.39, 0.29) is 0 Å². The molecule has 1 aromatic carbocycles. The molecular weight excluding hydrogens is 422 g/mol. The first-order valence-electron chi connectivity index (χ1n) is 16.2. The van der Waals surface area contributed by atoms with Crippen LogP contribution in [-0.4, -0.2) is 13.1 Å². The van der Waals surface area contributed by atoms with Crippen molar-refractivity contribution in [1.29, 1.82) is 0 Å². The zero-order valence-corrected chi connectivity index (χ0v) is 24.2. The first kappa shape index (κ1) is 32.0. The SMILES string of the molecule is CCCCCCCCCCCCCCN(CCCCCCCCCCCCCC)c1ccccc1. The molecule has 0 spiro atoms. The predicted octanol–water partition coefficient (Wildman–Crippen LogP) is 11.9. The maximum Gasteiger partial charge on any atom is 0.0366 e. The summed E-state index contributed by atoms with van der Waals surface area (Å²) in [5.74, 6) is 0. The molecule has 0 aliphatic carbocycles. The third-order valence-electron chi connectivity index (χ3n) is 7.68. The Balaban J connectivity index is 2.04. The second-order valence-corrected chi connectivity index (χ2v) is 11.1. The van der Waals surface area contributed by atoms with E-state index in [9.17, 15) is 0 Å². The Bertz CT molecular complexity index is 483. The van der Waals surface area contributed by atoms with Crippen molar-refractivity contribution in [2.24, 2.45) is 0 Å². The van der Waals surface area contributed by atoms with Crippen molar-refractivity contribution in [3.63, 3.8) is 0 Å². The molecule has 0 fully saturated rings. The second kappa shape index (κ2) is 26.1. The van der Waals surface area contributed by atoms with Crippen LogP contribution < -0.4 is 4.90 Å². The van der Waals surface area contributed by atoms with Crippen LogP contribution in [0.1, 0.15) is 168 Å². The third-order valence-corrected chi connectivity index (χ3v) is 7.68. The molecule has 0 radical (unpaired) electrons. The fourth-order valence-electron chi connectivity index (χ4n) is 5.30. The molecular formula is C34H63N. The van der Waals surface area contributed by atoms with Gasteiger partial charge in [-0.2, -0.15) is 0 Å². The number of unbranched alkanes of at least 4 members (excludes halogenated alkanes) is 22. The van der Waals surface area contributed by atoms with Gasteiger partial charge in [0.1, 0.15) is 0 Å². The number of para-hydroxylation sites is 1. The Hall–Kier alpha value is -0.980. The van der Waals surface area contributed by atoms with Crippen LogP contribution in [0.4, 0.5) is 5.69 Å². The van der Waals surface area contributed by atoms with E-state index in [1.807, 2.05) is 0 Å². The molecule has 0 aromatic heterocycles. The summed E-state index contributed by atoms with van der Waals surface area (Å²) >= 11 is 0. The summed E-state index contributed by atoms with van der Waals surface area (Å²) in [6.45, 7) is 7.08. The second-order valence-electron chi connectivity index (χ2n) is 11.1. The Morgan fingerprint density at radius 1 is 0.371 bits per heavy atom. The summed E-state index contributed by atoms with van der Waals surface area (Å²) in [4.78, 5) is 2.66. The molecule has 0 heterocycles. The van der Waals surface area contributed by atoms with Crippen molar-refractivity contribution >= 4 is 5.69 Å². The molecule has 0 aliphatic rings. The van der Waals surface area contributed by atoms with Crippen molar-refractivity contribution < 1.29 is 0 Å². The third kappa shape index (κ3) is 20.9. The van der Waals surface area contributed by atoms with Gasteiger partial charge in [-0.15, -0.1) is 0 Å². The van der Waals surface area contributed by atoms with Gasteiger partial charge in [-0.1, -0.05) is 173 Å². The van der Waals surface area contributed by atoms with Gasteiger partial charge in [0.2, 0.25) is 0 Å². The van der Waals surface area contributed by atoms with E-state index in [1.165, 1.54) is 173 Å². The number of hydrogen-bond donors (Lipinski definition) is 0. The lowest BCUT2D eigenvalue weighted by Gasteiger charge is -2.25. The molecule has 0 atom stereocenters. The van der Waals surface area contributed by atoms with Gasteiger partial charge in [0.05, 0.1) is 0 Å². The van der Waals surface area contributed by atoms with Crippen LogP contribution in [0.25, 0.3) is 0 Å². The average molecular weight is 486 g/mol. The largest absolute Gasteiger partial charge is 0.372 e. The molecule has 0 aliphatic heterocycles. The number of rotatable bonds is 27. The summed E-state index contributed by atoms with van der Waals surface area (Å²) in [5, 5.41) is 0. The fourth-order valence-corrected chi connectivity index (χ4v) is 5.30. The number of nitrogens with zero attached hydrogens (tertiary/aromatic N) is 1. The van der Waals surface area contributed by atoms with Gasteiger partial charge in [0.25, 0.3) is 0 Å². The molecule has 1 aromatic rings. The number of anilines is 1. The normalized spacial score (nSPS) is 11.3. The van der Waals surface area contributed by atoms with Crippen LogP contribution in [0, 0.1) is 0 Å². The summed E-state index contributed by atoms with van der Waals surface area (Å²) in [6.07, 6.45) is 34.3. The predicted molar refractivity (Wildman–Crippen MR) is 161 cm³/mol. The average Bonchev–Trinajstić information content (AvgIpc) is 2.89.